The smallest absolute Gasteiger partial charge is 0.0716 e. The quantitative estimate of drug-likeness (QED) is 0.440. The Labute approximate surface area is 207 Å². The van der Waals surface area contributed by atoms with Gasteiger partial charge in [0, 0.05) is 30.1 Å². The highest BCUT2D eigenvalue weighted by molar-refractivity contribution is 5.33. The molecular weight excluding hydrogens is 418 g/mol. The summed E-state index contributed by atoms with van der Waals surface area (Å²) in [6.45, 7) is 11.0. The van der Waals surface area contributed by atoms with E-state index in [1.165, 1.54) is 63.4 Å². The minimum absolute atomic E-state index is 0.343. The van der Waals surface area contributed by atoms with Crippen LogP contribution in [0.5, 0.6) is 0 Å². The van der Waals surface area contributed by atoms with E-state index in [1.807, 2.05) is 0 Å². The van der Waals surface area contributed by atoms with E-state index in [1.54, 1.807) is 0 Å². The van der Waals surface area contributed by atoms with Gasteiger partial charge in [-0.15, -0.1) is 0 Å². The molecule has 5 fully saturated rings. The molecule has 9 atom stereocenters. The molecule has 3 heterocycles. The molecule has 5 aliphatic rings. The van der Waals surface area contributed by atoms with Crippen LogP contribution >= 0.6 is 0 Å². The van der Waals surface area contributed by atoms with Gasteiger partial charge >= 0.3 is 0 Å². The molecule has 2 unspecified atom stereocenters. The second-order valence-electron chi connectivity index (χ2n) is 13.4. The van der Waals surface area contributed by atoms with Gasteiger partial charge < -0.3 is 9.84 Å². The molecule has 5 bridgehead atoms. The first-order valence-corrected chi connectivity index (χ1v) is 14.4. The van der Waals surface area contributed by atoms with Gasteiger partial charge in [0.25, 0.3) is 0 Å². The number of rotatable bonds is 8. The number of benzene rings is 1. The van der Waals surface area contributed by atoms with Crippen LogP contribution < -0.4 is 0 Å². The van der Waals surface area contributed by atoms with Gasteiger partial charge in [0.15, 0.2) is 0 Å². The molecular formula is C31H47NO2. The summed E-state index contributed by atoms with van der Waals surface area (Å²) >= 11 is 0. The van der Waals surface area contributed by atoms with E-state index in [9.17, 15) is 5.11 Å². The largest absolute Gasteiger partial charge is 0.390 e. The lowest BCUT2D eigenvalue weighted by Crippen LogP contribution is -2.73. The van der Waals surface area contributed by atoms with Gasteiger partial charge in [-0.05, 0) is 99.9 Å². The minimum Gasteiger partial charge on any atom is -0.390 e. The molecule has 2 saturated carbocycles. The van der Waals surface area contributed by atoms with E-state index in [0.29, 0.717) is 28.3 Å². The van der Waals surface area contributed by atoms with Gasteiger partial charge in [0.1, 0.15) is 0 Å². The van der Waals surface area contributed by atoms with Crippen molar-refractivity contribution in [3.63, 3.8) is 0 Å². The third-order valence-corrected chi connectivity index (χ3v) is 12.0. The summed E-state index contributed by atoms with van der Waals surface area (Å²) in [6, 6.07) is 11.9. The fourth-order valence-corrected chi connectivity index (χ4v) is 11.1. The summed E-state index contributed by atoms with van der Waals surface area (Å²) < 4.78 is 6.22. The van der Waals surface area contributed by atoms with Crippen molar-refractivity contribution in [3.8, 4) is 0 Å². The first kappa shape index (κ1) is 23.5. The van der Waals surface area contributed by atoms with Crippen molar-refractivity contribution in [2.24, 2.45) is 28.6 Å². The highest BCUT2D eigenvalue weighted by Crippen LogP contribution is 2.80. The Morgan fingerprint density at radius 2 is 1.88 bits per heavy atom. The maximum absolute atomic E-state index is 11.5. The first-order valence-electron chi connectivity index (χ1n) is 14.4. The maximum Gasteiger partial charge on any atom is 0.0716 e. The Balaban J connectivity index is 1.34. The Bertz CT molecular complexity index is 894. The molecule has 3 heteroatoms. The van der Waals surface area contributed by atoms with E-state index in [4.69, 9.17) is 4.74 Å². The Kier molecular flexibility index (Phi) is 5.56. The van der Waals surface area contributed by atoms with Gasteiger partial charge in [0.05, 0.1) is 12.2 Å². The highest BCUT2D eigenvalue weighted by Gasteiger charge is 2.81. The van der Waals surface area contributed by atoms with Crippen LogP contribution in [0.25, 0.3) is 0 Å². The Morgan fingerprint density at radius 1 is 1.09 bits per heavy atom. The number of ether oxygens (including phenoxy) is 1. The van der Waals surface area contributed by atoms with Crippen LogP contribution in [0.3, 0.4) is 0 Å². The molecule has 34 heavy (non-hydrogen) atoms. The SMILES string of the molecule is CCC1[C@H]2CC[C@]34CCC[C@H]3[C@@]3(CCCOCc5ccccc5)[C@@H]([C@@H](C(C)(C)O)CC[C@@]23C)N14. The zero-order valence-corrected chi connectivity index (χ0v) is 22.1. The van der Waals surface area contributed by atoms with Gasteiger partial charge in [0.2, 0.25) is 0 Å². The van der Waals surface area contributed by atoms with E-state index in [2.05, 4.69) is 62.9 Å². The molecule has 3 aliphatic heterocycles. The van der Waals surface area contributed by atoms with Crippen molar-refractivity contribution in [3.05, 3.63) is 35.9 Å². The number of hydrogen-bond donors (Lipinski definition) is 1. The van der Waals surface area contributed by atoms with Crippen LogP contribution in [0.4, 0.5) is 0 Å². The highest BCUT2D eigenvalue weighted by atomic mass is 16.5. The predicted octanol–water partition coefficient (Wildman–Crippen LogP) is 6.58. The van der Waals surface area contributed by atoms with Crippen LogP contribution in [0, 0.1) is 28.6 Å². The monoisotopic (exact) mass is 465 g/mol. The standard InChI is InChI=1S/C31H47NO2/c1-5-25-23-15-19-30-16-9-13-26(30)31(17-10-20-34-21-22-11-7-6-8-12-22)27(32(25)30)24(28(2,3)33)14-18-29(23,31)4/h6-8,11-12,23-27,33H,5,9-10,13-21H2,1-4H3/t23-,24+,25?,26-,27-,29+,30-,31+/m1/s1. The zero-order valence-electron chi connectivity index (χ0n) is 22.1. The summed E-state index contributed by atoms with van der Waals surface area (Å²) in [6.07, 6.45) is 13.3. The molecule has 2 aliphatic carbocycles. The van der Waals surface area contributed by atoms with E-state index in [-0.39, 0.29) is 0 Å². The number of fused-ring (bicyclic) bond motifs is 2. The van der Waals surface area contributed by atoms with Crippen molar-refractivity contribution >= 4 is 0 Å². The summed E-state index contributed by atoms with van der Waals surface area (Å²) in [7, 11) is 0. The van der Waals surface area contributed by atoms with Gasteiger partial charge in [-0.25, -0.2) is 0 Å². The number of nitrogens with zero attached hydrogens (tertiary/aromatic N) is 1. The lowest BCUT2D eigenvalue weighted by Gasteiger charge is -2.70. The average Bonchev–Trinajstić information content (AvgIpc) is 3.29. The minimum atomic E-state index is -0.608. The second kappa shape index (κ2) is 8.05. The van der Waals surface area contributed by atoms with Crippen molar-refractivity contribution < 1.29 is 9.84 Å². The third kappa shape index (κ3) is 2.93. The summed E-state index contributed by atoms with van der Waals surface area (Å²) in [4.78, 5) is 3.12. The van der Waals surface area contributed by atoms with Gasteiger partial charge in [-0.1, -0.05) is 50.6 Å². The molecule has 0 radical (unpaired) electrons. The lowest BCUT2D eigenvalue weighted by atomic mass is 9.41. The maximum atomic E-state index is 11.5. The van der Waals surface area contributed by atoms with Crippen molar-refractivity contribution in [2.75, 3.05) is 6.61 Å². The van der Waals surface area contributed by atoms with Gasteiger partial charge in [-0.2, -0.15) is 0 Å². The zero-order chi connectivity index (χ0) is 23.8. The van der Waals surface area contributed by atoms with E-state index >= 15 is 0 Å². The van der Waals surface area contributed by atoms with Crippen molar-refractivity contribution in [1.82, 2.24) is 4.90 Å². The molecule has 3 nitrogen and oxygen atoms in total. The molecule has 1 spiro atoms. The summed E-state index contributed by atoms with van der Waals surface area (Å²) in [5.41, 5.74) is 1.83. The van der Waals surface area contributed by atoms with E-state index < -0.39 is 5.60 Å². The van der Waals surface area contributed by atoms with Crippen LogP contribution in [-0.4, -0.2) is 39.8 Å². The topological polar surface area (TPSA) is 32.7 Å². The first-order chi connectivity index (χ1) is 16.3. The number of hydrogen-bond acceptors (Lipinski definition) is 3. The number of piperidine rings is 2. The molecule has 0 amide bonds. The van der Waals surface area contributed by atoms with Crippen LogP contribution in [0.15, 0.2) is 30.3 Å². The fourth-order valence-electron chi connectivity index (χ4n) is 11.1. The Hall–Kier alpha value is -0.900. The van der Waals surface area contributed by atoms with Crippen molar-refractivity contribution in [1.29, 1.82) is 0 Å². The van der Waals surface area contributed by atoms with E-state index in [0.717, 1.165) is 37.5 Å². The number of aliphatic hydroxyl groups is 1. The molecule has 0 aromatic heterocycles. The summed E-state index contributed by atoms with van der Waals surface area (Å²) in [5.74, 6) is 2.04. The molecule has 6 rings (SSSR count). The second-order valence-corrected chi connectivity index (χ2v) is 13.4. The molecule has 1 N–H and O–H groups in total. The van der Waals surface area contributed by atoms with Crippen LogP contribution in [0.2, 0.25) is 0 Å². The Morgan fingerprint density at radius 3 is 2.62 bits per heavy atom. The van der Waals surface area contributed by atoms with Crippen LogP contribution in [-0.2, 0) is 11.3 Å². The predicted molar refractivity (Wildman–Crippen MR) is 137 cm³/mol. The van der Waals surface area contributed by atoms with Gasteiger partial charge in [-0.3, -0.25) is 4.90 Å². The molecule has 3 saturated heterocycles. The lowest BCUT2D eigenvalue weighted by molar-refractivity contribution is -0.226. The molecule has 1 aromatic carbocycles. The summed E-state index contributed by atoms with van der Waals surface area (Å²) in [5, 5.41) is 11.5. The molecule has 1 aromatic rings. The third-order valence-electron chi connectivity index (χ3n) is 12.0. The average molecular weight is 466 g/mol. The molecule has 188 valence electrons. The van der Waals surface area contributed by atoms with Crippen molar-refractivity contribution in [2.45, 2.75) is 122 Å². The fraction of sp³-hybridized carbons (Fsp3) is 0.806. The van der Waals surface area contributed by atoms with Crippen LogP contribution in [0.1, 0.15) is 97.5 Å². The normalized spacial score (nSPS) is 46.6.